The zero-order valence-electron chi connectivity index (χ0n) is 17.1. The van der Waals surface area contributed by atoms with E-state index in [-0.39, 0.29) is 16.0 Å². The highest BCUT2D eigenvalue weighted by atomic mass is 31.1. The summed E-state index contributed by atoms with van der Waals surface area (Å²) in [6.07, 6.45) is 2.50. The van der Waals surface area contributed by atoms with Crippen LogP contribution in [0.4, 0.5) is 0 Å². The molecule has 0 spiro atoms. The Hall–Kier alpha value is -1.13. The lowest BCUT2D eigenvalue weighted by Crippen LogP contribution is -2.50. The van der Waals surface area contributed by atoms with E-state index < -0.39 is 0 Å². The summed E-state index contributed by atoms with van der Waals surface area (Å²) in [6, 6.07) is 19.9. The first kappa shape index (κ1) is 20.2. The van der Waals surface area contributed by atoms with Crippen molar-refractivity contribution in [2.24, 2.45) is 10.8 Å². The number of rotatable bonds is 5. The van der Waals surface area contributed by atoms with Gasteiger partial charge in [0.2, 0.25) is 0 Å². The molecule has 0 radical (unpaired) electrons. The normalized spacial score (nSPS) is 13.6. The molecule has 0 bridgehead atoms. The van der Waals surface area contributed by atoms with Crippen LogP contribution in [0.5, 0.6) is 0 Å². The molecule has 2 aromatic carbocycles. The van der Waals surface area contributed by atoms with Gasteiger partial charge in [-0.1, -0.05) is 118 Å². The van der Waals surface area contributed by atoms with Crippen LogP contribution < -0.4 is 5.30 Å². The van der Waals surface area contributed by atoms with E-state index in [2.05, 4.69) is 103 Å². The van der Waals surface area contributed by atoms with E-state index in [4.69, 9.17) is 0 Å². The molecule has 0 heterocycles. The fraction of sp³-hybridized carbons (Fsp3) is 0.500. The van der Waals surface area contributed by atoms with Gasteiger partial charge in [-0.25, -0.2) is 0 Å². The maximum atomic E-state index is 2.44. The van der Waals surface area contributed by atoms with Crippen LogP contribution in [-0.2, 0) is 0 Å². The first-order chi connectivity index (χ1) is 11.6. The fourth-order valence-electron chi connectivity index (χ4n) is 4.38. The molecule has 2 aromatic rings. The molecular formula is C24H35P. The van der Waals surface area contributed by atoms with Crippen LogP contribution in [-0.4, -0.2) is 5.16 Å². The van der Waals surface area contributed by atoms with E-state index in [1.165, 1.54) is 29.3 Å². The highest BCUT2D eigenvalue weighted by molar-refractivity contribution is 7.49. The van der Waals surface area contributed by atoms with Crippen LogP contribution in [0.1, 0.15) is 61.3 Å². The zero-order chi connectivity index (χ0) is 18.7. The van der Waals surface area contributed by atoms with Crippen LogP contribution in [0, 0.1) is 10.8 Å². The van der Waals surface area contributed by atoms with Gasteiger partial charge in [0.15, 0.2) is 0 Å². The van der Waals surface area contributed by atoms with Crippen LogP contribution in [0.25, 0.3) is 11.1 Å². The topological polar surface area (TPSA) is 0 Å². The van der Waals surface area contributed by atoms with Crippen LogP contribution in [0.3, 0.4) is 0 Å². The first-order valence-corrected chi connectivity index (χ1v) is 10.5. The molecular weight excluding hydrogens is 319 g/mol. The Labute approximate surface area is 157 Å². The molecule has 0 fully saturated rings. The van der Waals surface area contributed by atoms with E-state index in [1.807, 2.05) is 0 Å². The molecule has 1 heteroatoms. The second-order valence-electron chi connectivity index (χ2n) is 9.19. The molecule has 0 aromatic heterocycles. The lowest BCUT2D eigenvalue weighted by Gasteiger charge is -2.54. The van der Waals surface area contributed by atoms with Gasteiger partial charge in [0.25, 0.3) is 0 Å². The highest BCUT2D eigenvalue weighted by Gasteiger charge is 2.49. The van der Waals surface area contributed by atoms with Crippen LogP contribution in [0.15, 0.2) is 54.6 Å². The molecule has 1 unspecified atom stereocenters. The Morgan fingerprint density at radius 3 is 1.76 bits per heavy atom. The Bertz CT molecular complexity index is 657. The Balaban J connectivity index is 2.58. The average Bonchev–Trinajstić information content (AvgIpc) is 2.53. The smallest absolute Gasteiger partial charge is 0.00154 e. The molecule has 0 aliphatic heterocycles. The van der Waals surface area contributed by atoms with Crippen molar-refractivity contribution >= 4 is 13.9 Å². The molecule has 136 valence electrons. The van der Waals surface area contributed by atoms with Crippen LogP contribution >= 0.6 is 8.58 Å². The summed E-state index contributed by atoms with van der Waals surface area (Å²) >= 11 is 0. The van der Waals surface area contributed by atoms with Gasteiger partial charge >= 0.3 is 0 Å². The highest BCUT2D eigenvalue weighted by Crippen LogP contribution is 2.59. The molecule has 0 saturated carbocycles. The molecule has 0 aliphatic carbocycles. The third-order valence-electron chi connectivity index (χ3n) is 5.55. The molecule has 25 heavy (non-hydrogen) atoms. The monoisotopic (exact) mass is 354 g/mol. The molecule has 2 rings (SSSR count). The second-order valence-corrected chi connectivity index (χ2v) is 10.8. The van der Waals surface area contributed by atoms with Gasteiger partial charge in [0.05, 0.1) is 0 Å². The summed E-state index contributed by atoms with van der Waals surface area (Å²) < 4.78 is 0. The van der Waals surface area contributed by atoms with Crippen molar-refractivity contribution in [3.8, 4) is 11.1 Å². The Kier molecular flexibility index (Phi) is 6.16. The molecule has 0 amide bonds. The van der Waals surface area contributed by atoms with E-state index in [1.54, 1.807) is 0 Å². The molecule has 0 N–H and O–H groups in total. The van der Waals surface area contributed by atoms with Crippen molar-refractivity contribution < 1.29 is 0 Å². The van der Waals surface area contributed by atoms with Crippen LogP contribution in [0.2, 0.25) is 0 Å². The minimum absolute atomic E-state index is 0.253. The number of hydrogen-bond acceptors (Lipinski definition) is 0. The summed E-state index contributed by atoms with van der Waals surface area (Å²) in [7, 11) is 0.800. The minimum Gasteiger partial charge on any atom is -0.0823 e. The Morgan fingerprint density at radius 1 is 0.720 bits per heavy atom. The average molecular weight is 355 g/mol. The third kappa shape index (κ3) is 4.17. The van der Waals surface area contributed by atoms with Gasteiger partial charge in [-0.15, -0.1) is 0 Å². The van der Waals surface area contributed by atoms with Crippen molar-refractivity contribution in [1.82, 2.24) is 0 Å². The maximum absolute atomic E-state index is 2.44. The number of hydrogen-bond donors (Lipinski definition) is 0. The van der Waals surface area contributed by atoms with E-state index in [0.29, 0.717) is 0 Å². The third-order valence-corrected chi connectivity index (χ3v) is 8.43. The largest absolute Gasteiger partial charge is 0.0823 e. The summed E-state index contributed by atoms with van der Waals surface area (Å²) in [5, 5.41) is 1.78. The summed E-state index contributed by atoms with van der Waals surface area (Å²) in [4.78, 5) is 0. The SMILES string of the molecule is CCCC(Pc1ccccc1-c1ccccc1)(C(C)(C)C)C(C)(C)C. The lowest BCUT2D eigenvalue weighted by atomic mass is 9.64. The Morgan fingerprint density at radius 2 is 1.24 bits per heavy atom. The van der Waals surface area contributed by atoms with Gasteiger partial charge in [0.1, 0.15) is 0 Å². The van der Waals surface area contributed by atoms with Crippen molar-refractivity contribution in [2.75, 3.05) is 0 Å². The van der Waals surface area contributed by atoms with Crippen molar-refractivity contribution in [3.05, 3.63) is 54.6 Å². The minimum atomic E-state index is 0.253. The van der Waals surface area contributed by atoms with Gasteiger partial charge in [-0.2, -0.15) is 0 Å². The second kappa shape index (κ2) is 7.63. The summed E-state index contributed by atoms with van der Waals surface area (Å²) in [5.41, 5.74) is 3.24. The molecule has 0 aliphatic rings. The maximum Gasteiger partial charge on any atom is 0.00154 e. The standard InChI is InChI=1S/C24H35P/c1-8-18-24(22(2,3)4,23(5,6)7)25-21-17-13-12-16-20(21)19-14-10-9-11-15-19/h9-17,25H,8,18H2,1-7H3. The summed E-state index contributed by atoms with van der Waals surface area (Å²) in [6.45, 7) is 17.0. The number of benzene rings is 2. The van der Waals surface area contributed by atoms with E-state index in [9.17, 15) is 0 Å². The predicted octanol–water partition coefficient (Wildman–Crippen LogP) is 7.29. The van der Waals surface area contributed by atoms with Gasteiger partial charge in [-0.05, 0) is 33.7 Å². The van der Waals surface area contributed by atoms with Gasteiger partial charge in [0, 0.05) is 5.16 Å². The predicted molar refractivity (Wildman–Crippen MR) is 116 cm³/mol. The lowest BCUT2D eigenvalue weighted by molar-refractivity contribution is 0.128. The van der Waals surface area contributed by atoms with Crippen molar-refractivity contribution in [2.45, 2.75) is 66.5 Å². The van der Waals surface area contributed by atoms with E-state index in [0.717, 1.165) is 8.58 Å². The van der Waals surface area contributed by atoms with Crippen molar-refractivity contribution in [1.29, 1.82) is 0 Å². The van der Waals surface area contributed by atoms with E-state index >= 15 is 0 Å². The van der Waals surface area contributed by atoms with Crippen molar-refractivity contribution in [3.63, 3.8) is 0 Å². The zero-order valence-corrected chi connectivity index (χ0v) is 18.1. The summed E-state index contributed by atoms with van der Waals surface area (Å²) in [5.74, 6) is 0. The van der Waals surface area contributed by atoms with Gasteiger partial charge < -0.3 is 0 Å². The molecule has 0 saturated heterocycles. The molecule has 1 atom stereocenters. The fourth-order valence-corrected chi connectivity index (χ4v) is 6.51. The molecule has 0 nitrogen and oxygen atoms in total. The first-order valence-electron chi connectivity index (χ1n) is 9.55. The van der Waals surface area contributed by atoms with Gasteiger partial charge in [-0.3, -0.25) is 0 Å². The quantitative estimate of drug-likeness (QED) is 0.495.